The fourth-order valence-corrected chi connectivity index (χ4v) is 5.77. The zero-order valence-electron chi connectivity index (χ0n) is 20.8. The molecule has 0 saturated carbocycles. The maximum atomic E-state index is 12.8. The molecular formula is C27H36N6O2. The molecule has 5 rings (SSSR count). The minimum Gasteiger partial charge on any atom is -0.369 e. The summed E-state index contributed by atoms with van der Waals surface area (Å²) in [6.07, 6.45) is 4.78. The van der Waals surface area contributed by atoms with Gasteiger partial charge < -0.3 is 25.8 Å². The van der Waals surface area contributed by atoms with Crippen LogP contribution in [-0.2, 0) is 5.41 Å². The van der Waals surface area contributed by atoms with Crippen molar-refractivity contribution in [3.8, 4) is 0 Å². The van der Waals surface area contributed by atoms with Crippen LogP contribution in [0.25, 0.3) is 0 Å². The van der Waals surface area contributed by atoms with Gasteiger partial charge in [-0.1, -0.05) is 37.3 Å². The van der Waals surface area contributed by atoms with E-state index in [4.69, 9.17) is 0 Å². The van der Waals surface area contributed by atoms with Crippen LogP contribution in [0.2, 0.25) is 0 Å². The van der Waals surface area contributed by atoms with Crippen molar-refractivity contribution >= 4 is 17.6 Å². The van der Waals surface area contributed by atoms with E-state index in [1.165, 1.54) is 5.56 Å². The van der Waals surface area contributed by atoms with E-state index in [9.17, 15) is 9.59 Å². The fraction of sp³-hybridized carbons (Fsp3) is 0.519. The van der Waals surface area contributed by atoms with Gasteiger partial charge in [0.15, 0.2) is 0 Å². The average Bonchev–Trinajstić information content (AvgIpc) is 3.40. The highest BCUT2D eigenvalue weighted by Gasteiger charge is 2.42. The predicted octanol–water partition coefficient (Wildman–Crippen LogP) is 2.44. The molecule has 3 amide bonds. The molecule has 1 unspecified atom stereocenters. The number of aromatic nitrogens is 1. The Balaban J connectivity index is 1.16. The van der Waals surface area contributed by atoms with Gasteiger partial charge in [-0.3, -0.25) is 4.79 Å². The highest BCUT2D eigenvalue weighted by Crippen LogP contribution is 2.36. The average molecular weight is 477 g/mol. The largest absolute Gasteiger partial charge is 0.369 e. The Kier molecular flexibility index (Phi) is 6.40. The van der Waals surface area contributed by atoms with E-state index >= 15 is 0 Å². The van der Waals surface area contributed by atoms with Crippen molar-refractivity contribution in [1.29, 1.82) is 0 Å². The number of rotatable bonds is 6. The van der Waals surface area contributed by atoms with Crippen LogP contribution in [-0.4, -0.2) is 73.2 Å². The van der Waals surface area contributed by atoms with Crippen molar-refractivity contribution in [3.05, 3.63) is 59.4 Å². The number of carbonyl (C=O) groups excluding carboxylic acids is 2. The van der Waals surface area contributed by atoms with Crippen molar-refractivity contribution < 1.29 is 9.59 Å². The van der Waals surface area contributed by atoms with Crippen molar-refractivity contribution in [2.45, 2.75) is 44.1 Å². The molecule has 8 heteroatoms. The number of hydrogen-bond donors (Lipinski definition) is 3. The molecule has 3 N–H and O–H groups in total. The van der Waals surface area contributed by atoms with Crippen LogP contribution in [0.4, 0.5) is 10.5 Å². The van der Waals surface area contributed by atoms with Crippen LogP contribution in [0.3, 0.4) is 0 Å². The first kappa shape index (κ1) is 23.6. The molecule has 1 spiro atoms. The Bertz CT molecular complexity index is 1080. The summed E-state index contributed by atoms with van der Waals surface area (Å²) in [4.78, 5) is 33.9. The monoisotopic (exact) mass is 476 g/mol. The van der Waals surface area contributed by atoms with Gasteiger partial charge in [0.2, 0.25) is 0 Å². The summed E-state index contributed by atoms with van der Waals surface area (Å²) in [6.45, 7) is 9.61. The van der Waals surface area contributed by atoms with Gasteiger partial charge in [0, 0.05) is 38.1 Å². The number of nitrogens with zero attached hydrogens (tertiary/aromatic N) is 3. The number of carbonyl (C=O) groups is 2. The number of nitrogens with one attached hydrogen (secondary N) is 3. The molecule has 4 heterocycles. The lowest BCUT2D eigenvalue weighted by Gasteiger charge is -2.33. The third-order valence-electron chi connectivity index (χ3n) is 7.97. The SMILES string of the molecule is Cc1cc(N2CCC(C)(c3ccccc3)C2)cnc1C(=O)NCCN1CC2(CCNCC2)NC1=O. The van der Waals surface area contributed by atoms with Gasteiger partial charge >= 0.3 is 6.03 Å². The summed E-state index contributed by atoms with van der Waals surface area (Å²) >= 11 is 0. The summed E-state index contributed by atoms with van der Waals surface area (Å²) in [5, 5.41) is 9.46. The predicted molar refractivity (Wildman–Crippen MR) is 137 cm³/mol. The van der Waals surface area contributed by atoms with Crippen LogP contribution >= 0.6 is 0 Å². The van der Waals surface area contributed by atoms with Gasteiger partial charge in [-0.2, -0.15) is 0 Å². The second-order valence-corrected chi connectivity index (χ2v) is 10.6. The van der Waals surface area contributed by atoms with Crippen molar-refractivity contribution in [2.75, 3.05) is 50.7 Å². The molecule has 1 aromatic carbocycles. The summed E-state index contributed by atoms with van der Waals surface area (Å²) in [5.41, 5.74) is 3.72. The molecule has 0 radical (unpaired) electrons. The molecular weight excluding hydrogens is 440 g/mol. The Morgan fingerprint density at radius 3 is 2.66 bits per heavy atom. The second kappa shape index (κ2) is 9.49. The summed E-state index contributed by atoms with van der Waals surface area (Å²) in [7, 11) is 0. The van der Waals surface area contributed by atoms with Crippen LogP contribution in [0, 0.1) is 6.92 Å². The quantitative estimate of drug-likeness (QED) is 0.596. The van der Waals surface area contributed by atoms with E-state index in [1.54, 1.807) is 0 Å². The molecule has 3 aliphatic rings. The van der Waals surface area contributed by atoms with Crippen LogP contribution in [0.1, 0.15) is 47.8 Å². The molecule has 0 bridgehead atoms. The van der Waals surface area contributed by atoms with Crippen LogP contribution in [0.15, 0.2) is 42.6 Å². The van der Waals surface area contributed by atoms with Crippen LogP contribution < -0.4 is 20.9 Å². The van der Waals surface area contributed by atoms with Gasteiger partial charge in [0.25, 0.3) is 5.91 Å². The highest BCUT2D eigenvalue weighted by atomic mass is 16.2. The number of hydrogen-bond acceptors (Lipinski definition) is 5. The van der Waals surface area contributed by atoms with E-state index in [2.05, 4.69) is 69.2 Å². The number of piperidine rings is 1. The lowest BCUT2D eigenvalue weighted by Crippen LogP contribution is -2.51. The molecule has 35 heavy (non-hydrogen) atoms. The summed E-state index contributed by atoms with van der Waals surface area (Å²) < 4.78 is 0. The van der Waals surface area contributed by atoms with E-state index < -0.39 is 0 Å². The summed E-state index contributed by atoms with van der Waals surface area (Å²) in [5.74, 6) is -0.194. The topological polar surface area (TPSA) is 89.6 Å². The lowest BCUT2D eigenvalue weighted by atomic mass is 9.82. The maximum Gasteiger partial charge on any atom is 0.318 e. The van der Waals surface area contributed by atoms with Crippen molar-refractivity contribution in [3.63, 3.8) is 0 Å². The van der Waals surface area contributed by atoms with E-state index in [1.807, 2.05) is 18.0 Å². The first-order valence-corrected chi connectivity index (χ1v) is 12.7. The number of pyridine rings is 1. The molecule has 1 atom stereocenters. The van der Waals surface area contributed by atoms with Crippen molar-refractivity contribution in [1.82, 2.24) is 25.8 Å². The number of urea groups is 1. The lowest BCUT2D eigenvalue weighted by molar-refractivity contribution is 0.0944. The van der Waals surface area contributed by atoms with Crippen molar-refractivity contribution in [2.24, 2.45) is 0 Å². The highest BCUT2D eigenvalue weighted by molar-refractivity contribution is 5.94. The Hall–Kier alpha value is -3.13. The standard InChI is InChI=1S/C27H36N6O2/c1-20-16-22(32-14-10-26(2,18-32)21-6-4-3-5-7-21)17-30-23(20)24(34)29-13-15-33-19-27(31-25(33)35)8-11-28-12-9-27/h3-7,16-17,28H,8-15,18-19H2,1-2H3,(H,29,34)(H,31,35). The fourth-order valence-electron chi connectivity index (χ4n) is 5.77. The van der Waals surface area contributed by atoms with Gasteiger partial charge in [0.1, 0.15) is 5.69 Å². The molecule has 3 fully saturated rings. The van der Waals surface area contributed by atoms with E-state index in [0.29, 0.717) is 25.3 Å². The van der Waals surface area contributed by atoms with Gasteiger partial charge in [-0.15, -0.1) is 0 Å². The number of anilines is 1. The zero-order chi connectivity index (χ0) is 24.5. The molecule has 0 aliphatic carbocycles. The minimum atomic E-state index is -0.194. The van der Waals surface area contributed by atoms with Gasteiger partial charge in [-0.25, -0.2) is 9.78 Å². The molecule has 186 valence electrons. The molecule has 8 nitrogen and oxygen atoms in total. The number of benzene rings is 1. The number of aryl methyl sites for hydroxylation is 1. The second-order valence-electron chi connectivity index (χ2n) is 10.6. The van der Waals surface area contributed by atoms with Gasteiger partial charge in [0.05, 0.1) is 17.4 Å². The molecule has 3 aliphatic heterocycles. The molecule has 3 saturated heterocycles. The molecule has 2 aromatic rings. The normalized spacial score (nSPS) is 23.5. The Morgan fingerprint density at radius 1 is 1.14 bits per heavy atom. The third-order valence-corrected chi connectivity index (χ3v) is 7.97. The Labute approximate surface area is 207 Å². The summed E-state index contributed by atoms with van der Waals surface area (Å²) in [6, 6.07) is 12.7. The van der Waals surface area contributed by atoms with E-state index in [0.717, 1.165) is 56.7 Å². The van der Waals surface area contributed by atoms with E-state index in [-0.39, 0.29) is 22.9 Å². The Morgan fingerprint density at radius 2 is 1.91 bits per heavy atom. The maximum absolute atomic E-state index is 12.8. The minimum absolute atomic E-state index is 0.0343. The smallest absolute Gasteiger partial charge is 0.318 e. The molecule has 1 aromatic heterocycles. The number of amides is 3. The first-order valence-electron chi connectivity index (χ1n) is 12.7. The van der Waals surface area contributed by atoms with Gasteiger partial charge in [-0.05, 0) is 56.5 Å². The first-order chi connectivity index (χ1) is 16.9. The third kappa shape index (κ3) is 4.85. The van der Waals surface area contributed by atoms with Crippen LogP contribution in [0.5, 0.6) is 0 Å². The zero-order valence-corrected chi connectivity index (χ0v) is 20.8.